The predicted octanol–water partition coefficient (Wildman–Crippen LogP) is 4.03. The van der Waals surface area contributed by atoms with Crippen molar-refractivity contribution in [1.29, 1.82) is 0 Å². The molecule has 0 spiro atoms. The van der Waals surface area contributed by atoms with E-state index in [2.05, 4.69) is 10.0 Å². The molecule has 3 rings (SSSR count). The maximum absolute atomic E-state index is 12.5. The quantitative estimate of drug-likeness (QED) is 0.663. The highest BCUT2D eigenvalue weighted by Gasteiger charge is 2.15. The Morgan fingerprint density at radius 2 is 1.54 bits per heavy atom. The lowest BCUT2D eigenvalue weighted by atomic mass is 10.1. The van der Waals surface area contributed by atoms with Crippen LogP contribution in [0.4, 0.5) is 5.69 Å². The van der Waals surface area contributed by atoms with E-state index in [1.165, 1.54) is 24.3 Å². The van der Waals surface area contributed by atoms with Gasteiger partial charge in [-0.3, -0.25) is 9.52 Å². The molecule has 1 amide bonds. The Morgan fingerprint density at radius 1 is 0.857 bits per heavy atom. The first-order valence-electron chi connectivity index (χ1n) is 8.87. The highest BCUT2D eigenvalue weighted by Crippen LogP contribution is 2.17. The van der Waals surface area contributed by atoms with E-state index >= 15 is 0 Å². The fourth-order valence-corrected chi connectivity index (χ4v) is 3.75. The van der Waals surface area contributed by atoms with Crippen molar-refractivity contribution in [2.24, 2.45) is 0 Å². The molecule has 0 saturated heterocycles. The standard InChI is InChI=1S/C22H22N2O3S/c1-16-6-8-18(9-7-16)15-23-22(25)19-10-12-21(13-11-19)28(26,27)24-20-5-3-4-17(2)14-20/h3-14,24H,15H2,1-2H3,(H,23,25). The Labute approximate surface area is 165 Å². The Bertz CT molecular complexity index is 1070. The van der Waals surface area contributed by atoms with Crippen molar-refractivity contribution in [1.82, 2.24) is 5.32 Å². The number of aryl methyl sites for hydroxylation is 2. The smallest absolute Gasteiger partial charge is 0.261 e. The van der Waals surface area contributed by atoms with Gasteiger partial charge in [-0.25, -0.2) is 8.42 Å². The summed E-state index contributed by atoms with van der Waals surface area (Å²) >= 11 is 0. The molecular weight excluding hydrogens is 372 g/mol. The van der Waals surface area contributed by atoms with E-state index in [0.717, 1.165) is 16.7 Å². The summed E-state index contributed by atoms with van der Waals surface area (Å²) in [7, 11) is -3.71. The molecule has 3 aromatic rings. The van der Waals surface area contributed by atoms with Crippen molar-refractivity contribution in [3.05, 3.63) is 95.1 Å². The molecule has 0 atom stereocenters. The lowest BCUT2D eigenvalue weighted by Gasteiger charge is -2.10. The molecule has 0 fully saturated rings. The van der Waals surface area contributed by atoms with Gasteiger partial charge in [0.2, 0.25) is 0 Å². The van der Waals surface area contributed by atoms with Crippen LogP contribution in [0.3, 0.4) is 0 Å². The molecule has 0 saturated carbocycles. The van der Waals surface area contributed by atoms with Gasteiger partial charge in [-0.05, 0) is 61.4 Å². The Balaban J connectivity index is 1.66. The third-order valence-corrected chi connectivity index (χ3v) is 5.67. The minimum atomic E-state index is -3.71. The lowest BCUT2D eigenvalue weighted by molar-refractivity contribution is 0.0951. The summed E-state index contributed by atoms with van der Waals surface area (Å²) in [6, 6.07) is 20.9. The van der Waals surface area contributed by atoms with Crippen LogP contribution in [-0.4, -0.2) is 14.3 Å². The molecule has 0 aromatic heterocycles. The van der Waals surface area contributed by atoms with Gasteiger partial charge >= 0.3 is 0 Å². The summed E-state index contributed by atoms with van der Waals surface area (Å²) in [6.07, 6.45) is 0. The first kappa shape index (κ1) is 19.6. The van der Waals surface area contributed by atoms with E-state index < -0.39 is 10.0 Å². The van der Waals surface area contributed by atoms with E-state index in [-0.39, 0.29) is 10.8 Å². The van der Waals surface area contributed by atoms with Crippen molar-refractivity contribution in [2.45, 2.75) is 25.3 Å². The molecule has 0 unspecified atom stereocenters. The maximum Gasteiger partial charge on any atom is 0.261 e. The van der Waals surface area contributed by atoms with E-state index in [4.69, 9.17) is 0 Å². The van der Waals surface area contributed by atoms with Crippen LogP contribution >= 0.6 is 0 Å². The number of benzene rings is 3. The van der Waals surface area contributed by atoms with Crippen LogP contribution < -0.4 is 10.0 Å². The van der Waals surface area contributed by atoms with Crippen LogP contribution in [0.25, 0.3) is 0 Å². The zero-order valence-electron chi connectivity index (χ0n) is 15.8. The van der Waals surface area contributed by atoms with Crippen LogP contribution in [0, 0.1) is 13.8 Å². The third kappa shape index (κ3) is 4.98. The Morgan fingerprint density at radius 3 is 2.18 bits per heavy atom. The first-order chi connectivity index (χ1) is 13.3. The first-order valence-corrected chi connectivity index (χ1v) is 10.4. The summed E-state index contributed by atoms with van der Waals surface area (Å²) in [5, 5.41) is 2.83. The molecular formula is C22H22N2O3S. The average Bonchev–Trinajstić information content (AvgIpc) is 2.67. The summed E-state index contributed by atoms with van der Waals surface area (Å²) in [5.41, 5.74) is 4.02. The van der Waals surface area contributed by atoms with E-state index in [1.807, 2.05) is 44.2 Å². The Hall–Kier alpha value is -3.12. The molecule has 2 N–H and O–H groups in total. The van der Waals surface area contributed by atoms with Crippen LogP contribution in [0.5, 0.6) is 0 Å². The number of amides is 1. The van der Waals surface area contributed by atoms with Gasteiger partial charge in [-0.15, -0.1) is 0 Å². The normalized spacial score (nSPS) is 11.1. The summed E-state index contributed by atoms with van der Waals surface area (Å²) in [4.78, 5) is 12.4. The van der Waals surface area contributed by atoms with Crippen molar-refractivity contribution >= 4 is 21.6 Å². The fraction of sp³-hybridized carbons (Fsp3) is 0.136. The molecule has 144 valence electrons. The Kier molecular flexibility index (Phi) is 5.80. The molecule has 0 aliphatic heterocycles. The van der Waals surface area contributed by atoms with Gasteiger partial charge in [0.15, 0.2) is 0 Å². The molecule has 0 aliphatic rings. The van der Waals surface area contributed by atoms with E-state index in [1.54, 1.807) is 18.2 Å². The van der Waals surface area contributed by atoms with Crippen molar-refractivity contribution in [2.75, 3.05) is 4.72 Å². The van der Waals surface area contributed by atoms with Gasteiger partial charge in [0.05, 0.1) is 4.90 Å². The number of carbonyl (C=O) groups excluding carboxylic acids is 1. The minimum Gasteiger partial charge on any atom is -0.348 e. The highest BCUT2D eigenvalue weighted by atomic mass is 32.2. The number of hydrogen-bond acceptors (Lipinski definition) is 3. The largest absolute Gasteiger partial charge is 0.348 e. The second-order valence-electron chi connectivity index (χ2n) is 6.67. The monoisotopic (exact) mass is 394 g/mol. The second-order valence-corrected chi connectivity index (χ2v) is 8.35. The van der Waals surface area contributed by atoms with E-state index in [9.17, 15) is 13.2 Å². The molecule has 0 bridgehead atoms. The van der Waals surface area contributed by atoms with E-state index in [0.29, 0.717) is 17.8 Å². The van der Waals surface area contributed by atoms with Gasteiger partial charge in [-0.1, -0.05) is 42.0 Å². The van der Waals surface area contributed by atoms with Crippen molar-refractivity contribution in [3.8, 4) is 0 Å². The van der Waals surface area contributed by atoms with Gasteiger partial charge in [0.1, 0.15) is 0 Å². The van der Waals surface area contributed by atoms with Crippen molar-refractivity contribution < 1.29 is 13.2 Å². The fourth-order valence-electron chi connectivity index (χ4n) is 2.70. The molecule has 0 aliphatic carbocycles. The van der Waals surface area contributed by atoms with Gasteiger partial charge in [0.25, 0.3) is 15.9 Å². The molecule has 3 aromatic carbocycles. The summed E-state index contributed by atoms with van der Waals surface area (Å²) in [6.45, 7) is 4.31. The number of nitrogens with one attached hydrogen (secondary N) is 2. The van der Waals surface area contributed by atoms with Crippen LogP contribution in [0.2, 0.25) is 0 Å². The van der Waals surface area contributed by atoms with Gasteiger partial charge in [0, 0.05) is 17.8 Å². The topological polar surface area (TPSA) is 75.3 Å². The lowest BCUT2D eigenvalue weighted by Crippen LogP contribution is -2.23. The van der Waals surface area contributed by atoms with Crippen LogP contribution in [-0.2, 0) is 16.6 Å². The zero-order valence-corrected chi connectivity index (χ0v) is 16.6. The second kappa shape index (κ2) is 8.27. The highest BCUT2D eigenvalue weighted by molar-refractivity contribution is 7.92. The number of anilines is 1. The van der Waals surface area contributed by atoms with Gasteiger partial charge in [-0.2, -0.15) is 0 Å². The minimum absolute atomic E-state index is 0.101. The van der Waals surface area contributed by atoms with Crippen LogP contribution in [0.15, 0.2) is 77.7 Å². The predicted molar refractivity (Wildman–Crippen MR) is 111 cm³/mol. The molecule has 0 radical (unpaired) electrons. The molecule has 6 heteroatoms. The maximum atomic E-state index is 12.5. The third-order valence-electron chi connectivity index (χ3n) is 4.27. The number of sulfonamides is 1. The number of carbonyl (C=O) groups is 1. The number of rotatable bonds is 6. The molecule has 5 nitrogen and oxygen atoms in total. The summed E-state index contributed by atoms with van der Waals surface area (Å²) < 4.78 is 27.6. The zero-order chi connectivity index (χ0) is 20.1. The molecule has 0 heterocycles. The van der Waals surface area contributed by atoms with Crippen molar-refractivity contribution in [3.63, 3.8) is 0 Å². The van der Waals surface area contributed by atoms with Gasteiger partial charge < -0.3 is 5.32 Å². The average molecular weight is 394 g/mol. The summed E-state index contributed by atoms with van der Waals surface area (Å²) in [5.74, 6) is -0.254. The molecule has 28 heavy (non-hydrogen) atoms. The number of hydrogen-bond donors (Lipinski definition) is 2. The SMILES string of the molecule is Cc1ccc(CNC(=O)c2ccc(S(=O)(=O)Nc3cccc(C)c3)cc2)cc1. The van der Waals surface area contributed by atoms with Crippen LogP contribution in [0.1, 0.15) is 27.0 Å².